The lowest BCUT2D eigenvalue weighted by atomic mass is 10.2. The number of ether oxygens (including phenoxy) is 2. The highest BCUT2D eigenvalue weighted by molar-refractivity contribution is 5.36. The molecule has 0 fully saturated rings. The Labute approximate surface area is 114 Å². The monoisotopic (exact) mass is 257 g/mol. The van der Waals surface area contributed by atoms with Crippen molar-refractivity contribution >= 4 is 0 Å². The second-order valence-electron chi connectivity index (χ2n) is 4.18. The van der Waals surface area contributed by atoms with Crippen LogP contribution in [0.4, 0.5) is 0 Å². The van der Waals surface area contributed by atoms with Crippen LogP contribution >= 0.6 is 0 Å². The first-order chi connectivity index (χ1) is 9.31. The number of hydrogen-bond donors (Lipinski definition) is 1. The van der Waals surface area contributed by atoms with E-state index in [1.165, 1.54) is 5.56 Å². The number of hydrogen-bond acceptors (Lipinski definition) is 3. The third-order valence-corrected chi connectivity index (χ3v) is 2.65. The van der Waals surface area contributed by atoms with Crippen molar-refractivity contribution in [3.8, 4) is 17.2 Å². The molecule has 0 bridgehead atoms. The first-order valence-electron chi connectivity index (χ1n) is 6.46. The lowest BCUT2D eigenvalue weighted by molar-refractivity contribution is 0.339. The SMILES string of the molecule is CCOc1ccc(Oc2cccc(CNC)c2)cc1. The summed E-state index contributed by atoms with van der Waals surface area (Å²) in [5.41, 5.74) is 1.20. The van der Waals surface area contributed by atoms with Gasteiger partial charge >= 0.3 is 0 Å². The molecule has 0 unspecified atom stereocenters. The lowest BCUT2D eigenvalue weighted by Gasteiger charge is -2.08. The Morgan fingerprint density at radius 2 is 1.68 bits per heavy atom. The van der Waals surface area contributed by atoms with Crippen LogP contribution in [0.15, 0.2) is 48.5 Å². The average Bonchev–Trinajstić information content (AvgIpc) is 2.42. The standard InChI is InChI=1S/C16H19NO2/c1-3-18-14-7-9-15(10-8-14)19-16-6-4-5-13(11-16)12-17-2/h4-11,17H,3,12H2,1-2H3. The van der Waals surface area contributed by atoms with E-state index in [9.17, 15) is 0 Å². The molecule has 0 radical (unpaired) electrons. The van der Waals surface area contributed by atoms with E-state index in [2.05, 4.69) is 11.4 Å². The zero-order valence-corrected chi connectivity index (χ0v) is 11.3. The molecule has 0 atom stereocenters. The van der Waals surface area contributed by atoms with Gasteiger partial charge in [0.1, 0.15) is 17.2 Å². The average molecular weight is 257 g/mol. The van der Waals surface area contributed by atoms with Crippen LogP contribution in [0.1, 0.15) is 12.5 Å². The third-order valence-electron chi connectivity index (χ3n) is 2.65. The number of rotatable bonds is 6. The Hall–Kier alpha value is -2.00. The number of benzene rings is 2. The van der Waals surface area contributed by atoms with Crippen molar-refractivity contribution in [1.82, 2.24) is 5.32 Å². The fourth-order valence-electron chi connectivity index (χ4n) is 1.83. The van der Waals surface area contributed by atoms with Gasteiger partial charge in [-0.2, -0.15) is 0 Å². The molecule has 3 nitrogen and oxygen atoms in total. The van der Waals surface area contributed by atoms with Crippen LogP contribution in [0.25, 0.3) is 0 Å². The molecular weight excluding hydrogens is 238 g/mol. The molecule has 19 heavy (non-hydrogen) atoms. The molecule has 0 heterocycles. The summed E-state index contributed by atoms with van der Waals surface area (Å²) in [5, 5.41) is 3.12. The molecule has 0 aliphatic carbocycles. The summed E-state index contributed by atoms with van der Waals surface area (Å²) in [5.74, 6) is 2.51. The quantitative estimate of drug-likeness (QED) is 0.857. The lowest BCUT2D eigenvalue weighted by Crippen LogP contribution is -2.04. The van der Waals surface area contributed by atoms with Crippen molar-refractivity contribution in [2.24, 2.45) is 0 Å². The first kappa shape index (κ1) is 13.4. The molecule has 2 aromatic carbocycles. The molecule has 3 heteroatoms. The van der Waals surface area contributed by atoms with Crippen LogP contribution in [0.5, 0.6) is 17.2 Å². The second kappa shape index (κ2) is 6.81. The van der Waals surface area contributed by atoms with Gasteiger partial charge in [-0.3, -0.25) is 0 Å². The maximum Gasteiger partial charge on any atom is 0.127 e. The zero-order chi connectivity index (χ0) is 13.5. The summed E-state index contributed by atoms with van der Waals surface area (Å²) < 4.78 is 11.2. The topological polar surface area (TPSA) is 30.5 Å². The van der Waals surface area contributed by atoms with Gasteiger partial charge in [-0.05, 0) is 55.9 Å². The van der Waals surface area contributed by atoms with Crippen LogP contribution in [-0.4, -0.2) is 13.7 Å². The van der Waals surface area contributed by atoms with Gasteiger partial charge in [0.25, 0.3) is 0 Å². The summed E-state index contributed by atoms with van der Waals surface area (Å²) in [6, 6.07) is 15.7. The van der Waals surface area contributed by atoms with Crippen LogP contribution in [0.3, 0.4) is 0 Å². The Morgan fingerprint density at radius 3 is 2.37 bits per heavy atom. The summed E-state index contributed by atoms with van der Waals surface area (Å²) in [6.07, 6.45) is 0. The van der Waals surface area contributed by atoms with Crippen LogP contribution < -0.4 is 14.8 Å². The van der Waals surface area contributed by atoms with Crippen molar-refractivity contribution in [2.45, 2.75) is 13.5 Å². The molecule has 0 aliphatic rings. The first-order valence-corrected chi connectivity index (χ1v) is 6.46. The summed E-state index contributed by atoms with van der Waals surface area (Å²) in [4.78, 5) is 0. The van der Waals surface area contributed by atoms with Crippen LogP contribution in [0.2, 0.25) is 0 Å². The summed E-state index contributed by atoms with van der Waals surface area (Å²) in [6.45, 7) is 3.48. The second-order valence-corrected chi connectivity index (χ2v) is 4.18. The highest BCUT2D eigenvalue weighted by Gasteiger charge is 1.99. The van der Waals surface area contributed by atoms with Gasteiger partial charge in [0.15, 0.2) is 0 Å². The summed E-state index contributed by atoms with van der Waals surface area (Å²) in [7, 11) is 1.93. The van der Waals surface area contributed by atoms with Gasteiger partial charge in [0.05, 0.1) is 6.61 Å². The summed E-state index contributed by atoms with van der Waals surface area (Å²) >= 11 is 0. The highest BCUT2D eigenvalue weighted by Crippen LogP contribution is 2.24. The van der Waals surface area contributed by atoms with Crippen molar-refractivity contribution in [1.29, 1.82) is 0 Å². The van der Waals surface area contributed by atoms with Gasteiger partial charge in [-0.1, -0.05) is 12.1 Å². The van der Waals surface area contributed by atoms with E-state index >= 15 is 0 Å². The predicted octanol–water partition coefficient (Wildman–Crippen LogP) is 3.60. The fraction of sp³-hybridized carbons (Fsp3) is 0.250. The largest absolute Gasteiger partial charge is 0.494 e. The van der Waals surface area contributed by atoms with E-state index in [1.54, 1.807) is 0 Å². The van der Waals surface area contributed by atoms with Gasteiger partial charge in [0, 0.05) is 6.54 Å². The van der Waals surface area contributed by atoms with E-state index in [0.717, 1.165) is 23.8 Å². The Bertz CT molecular complexity index is 508. The molecule has 0 aromatic heterocycles. The molecule has 0 spiro atoms. The Balaban J connectivity index is 2.05. The van der Waals surface area contributed by atoms with E-state index in [0.29, 0.717) is 6.61 Å². The van der Waals surface area contributed by atoms with Crippen LogP contribution in [0, 0.1) is 0 Å². The normalized spacial score (nSPS) is 10.2. The van der Waals surface area contributed by atoms with Gasteiger partial charge in [-0.25, -0.2) is 0 Å². The zero-order valence-electron chi connectivity index (χ0n) is 11.3. The third kappa shape index (κ3) is 4.00. The Morgan fingerprint density at radius 1 is 0.947 bits per heavy atom. The molecular formula is C16H19NO2. The number of nitrogens with one attached hydrogen (secondary N) is 1. The molecule has 2 rings (SSSR count). The van der Waals surface area contributed by atoms with E-state index in [1.807, 2.05) is 56.4 Å². The molecule has 2 aromatic rings. The molecule has 100 valence electrons. The van der Waals surface area contributed by atoms with E-state index < -0.39 is 0 Å². The van der Waals surface area contributed by atoms with Crippen molar-refractivity contribution in [2.75, 3.05) is 13.7 Å². The van der Waals surface area contributed by atoms with E-state index in [-0.39, 0.29) is 0 Å². The predicted molar refractivity (Wildman–Crippen MR) is 76.9 cm³/mol. The van der Waals surface area contributed by atoms with Gasteiger partial charge < -0.3 is 14.8 Å². The molecule has 0 saturated heterocycles. The molecule has 0 amide bonds. The van der Waals surface area contributed by atoms with Crippen molar-refractivity contribution < 1.29 is 9.47 Å². The van der Waals surface area contributed by atoms with Gasteiger partial charge in [-0.15, -0.1) is 0 Å². The Kier molecular flexibility index (Phi) is 4.81. The van der Waals surface area contributed by atoms with Crippen molar-refractivity contribution in [3.63, 3.8) is 0 Å². The molecule has 0 saturated carbocycles. The fourth-order valence-corrected chi connectivity index (χ4v) is 1.83. The smallest absolute Gasteiger partial charge is 0.127 e. The maximum absolute atomic E-state index is 5.82. The maximum atomic E-state index is 5.82. The van der Waals surface area contributed by atoms with Gasteiger partial charge in [0.2, 0.25) is 0 Å². The highest BCUT2D eigenvalue weighted by atomic mass is 16.5. The molecule has 1 N–H and O–H groups in total. The minimum absolute atomic E-state index is 0.673. The van der Waals surface area contributed by atoms with E-state index in [4.69, 9.17) is 9.47 Å². The molecule has 0 aliphatic heterocycles. The van der Waals surface area contributed by atoms with Crippen LogP contribution in [-0.2, 0) is 6.54 Å². The van der Waals surface area contributed by atoms with Crippen molar-refractivity contribution in [3.05, 3.63) is 54.1 Å². The minimum atomic E-state index is 0.673. The minimum Gasteiger partial charge on any atom is -0.494 e.